The summed E-state index contributed by atoms with van der Waals surface area (Å²) in [5, 5.41) is 2.77. The monoisotopic (exact) mass is 376 g/mol. The molecule has 0 bridgehead atoms. The van der Waals surface area contributed by atoms with Gasteiger partial charge in [-0.05, 0) is 56.5 Å². The number of hydrogen-bond donors (Lipinski definition) is 1. The van der Waals surface area contributed by atoms with Crippen LogP contribution in [0.15, 0.2) is 45.9 Å². The van der Waals surface area contributed by atoms with Crippen LogP contribution in [0.4, 0.5) is 0 Å². The minimum absolute atomic E-state index is 0.0220. The summed E-state index contributed by atoms with van der Waals surface area (Å²) in [4.78, 5) is 12.7. The number of benzene rings is 1. The number of rotatable bonds is 5. The molecule has 1 aromatic heterocycles. The highest BCUT2D eigenvalue weighted by molar-refractivity contribution is 7.89. The third-order valence-corrected chi connectivity index (χ3v) is 6.82. The van der Waals surface area contributed by atoms with Gasteiger partial charge >= 0.3 is 0 Å². The van der Waals surface area contributed by atoms with E-state index in [1.807, 2.05) is 6.92 Å². The summed E-state index contributed by atoms with van der Waals surface area (Å²) < 4.78 is 32.8. The van der Waals surface area contributed by atoms with Gasteiger partial charge in [0.25, 0.3) is 5.91 Å². The van der Waals surface area contributed by atoms with Crippen LogP contribution >= 0.6 is 0 Å². The van der Waals surface area contributed by atoms with Gasteiger partial charge < -0.3 is 9.73 Å². The summed E-state index contributed by atoms with van der Waals surface area (Å²) in [6.07, 6.45) is 4.31. The number of carbonyl (C=O) groups is 1. The molecule has 1 fully saturated rings. The fraction of sp³-hybridized carbons (Fsp3) is 0.421. The second kappa shape index (κ2) is 7.63. The third kappa shape index (κ3) is 3.83. The van der Waals surface area contributed by atoms with E-state index in [0.29, 0.717) is 17.9 Å². The zero-order valence-corrected chi connectivity index (χ0v) is 15.9. The molecule has 2 heterocycles. The Morgan fingerprint density at radius 1 is 1.31 bits per heavy atom. The number of sulfonamides is 1. The van der Waals surface area contributed by atoms with E-state index in [1.165, 1.54) is 6.07 Å². The largest absolute Gasteiger partial charge is 0.467 e. The van der Waals surface area contributed by atoms with Gasteiger partial charge in [0.05, 0.1) is 17.7 Å². The molecular weight excluding hydrogens is 352 g/mol. The van der Waals surface area contributed by atoms with Crippen LogP contribution in [0.5, 0.6) is 0 Å². The molecule has 1 amide bonds. The van der Waals surface area contributed by atoms with E-state index in [9.17, 15) is 13.2 Å². The molecule has 1 unspecified atom stereocenters. The molecule has 1 N–H and O–H groups in total. The van der Waals surface area contributed by atoms with Crippen LogP contribution in [0.25, 0.3) is 0 Å². The molecule has 0 saturated carbocycles. The van der Waals surface area contributed by atoms with Crippen molar-refractivity contribution < 1.29 is 17.6 Å². The smallest absolute Gasteiger partial charge is 0.251 e. The Morgan fingerprint density at radius 2 is 2.12 bits per heavy atom. The van der Waals surface area contributed by atoms with Gasteiger partial charge in [-0.15, -0.1) is 0 Å². The molecule has 140 valence electrons. The second-order valence-electron chi connectivity index (χ2n) is 6.70. The molecule has 1 aromatic carbocycles. The number of carbonyl (C=O) groups excluding carboxylic acids is 1. The maximum absolute atomic E-state index is 13.0. The van der Waals surface area contributed by atoms with E-state index in [-0.39, 0.29) is 23.4 Å². The molecule has 1 atom stereocenters. The van der Waals surface area contributed by atoms with Crippen molar-refractivity contribution >= 4 is 15.9 Å². The molecule has 3 rings (SSSR count). The standard InChI is InChI=1S/C19H24N2O4S/c1-14-8-9-17(26(23,24)21-10-4-3-6-15(21)2)12-18(14)19(22)20-13-16-7-5-11-25-16/h5,7-9,11-12,15H,3-4,6,10,13H2,1-2H3,(H,20,22). The van der Waals surface area contributed by atoms with Crippen LogP contribution in [0, 0.1) is 6.92 Å². The maximum Gasteiger partial charge on any atom is 0.251 e. The first kappa shape index (κ1) is 18.7. The molecule has 0 spiro atoms. The number of nitrogens with one attached hydrogen (secondary N) is 1. The lowest BCUT2D eigenvalue weighted by molar-refractivity contribution is 0.0947. The molecule has 2 aromatic rings. The first-order valence-corrected chi connectivity index (χ1v) is 10.3. The van der Waals surface area contributed by atoms with Gasteiger partial charge in [0.15, 0.2) is 0 Å². The zero-order chi connectivity index (χ0) is 18.7. The molecular formula is C19H24N2O4S. The second-order valence-corrected chi connectivity index (χ2v) is 8.59. The Balaban J connectivity index is 1.83. The van der Waals surface area contributed by atoms with Gasteiger partial charge in [-0.1, -0.05) is 12.5 Å². The van der Waals surface area contributed by atoms with Gasteiger partial charge in [-0.3, -0.25) is 4.79 Å². The van der Waals surface area contributed by atoms with Crippen molar-refractivity contribution in [3.8, 4) is 0 Å². The number of aryl methyl sites for hydroxylation is 1. The van der Waals surface area contributed by atoms with Crippen molar-refractivity contribution in [1.82, 2.24) is 9.62 Å². The lowest BCUT2D eigenvalue weighted by Gasteiger charge is -2.32. The van der Waals surface area contributed by atoms with Crippen LogP contribution in [-0.4, -0.2) is 31.2 Å². The first-order valence-electron chi connectivity index (χ1n) is 8.82. The van der Waals surface area contributed by atoms with Crippen molar-refractivity contribution in [2.45, 2.75) is 50.6 Å². The highest BCUT2D eigenvalue weighted by Gasteiger charge is 2.31. The molecule has 1 aliphatic heterocycles. The molecule has 26 heavy (non-hydrogen) atoms. The normalized spacial score (nSPS) is 18.6. The number of hydrogen-bond acceptors (Lipinski definition) is 4. The molecule has 1 saturated heterocycles. The minimum atomic E-state index is -3.61. The van der Waals surface area contributed by atoms with E-state index in [0.717, 1.165) is 24.8 Å². The summed E-state index contributed by atoms with van der Waals surface area (Å²) in [6.45, 7) is 4.51. The third-order valence-electron chi connectivity index (χ3n) is 4.81. The lowest BCUT2D eigenvalue weighted by Crippen LogP contribution is -2.42. The van der Waals surface area contributed by atoms with Gasteiger partial charge in [-0.25, -0.2) is 8.42 Å². The van der Waals surface area contributed by atoms with Gasteiger partial charge in [-0.2, -0.15) is 4.31 Å². The summed E-state index contributed by atoms with van der Waals surface area (Å²) in [6, 6.07) is 8.24. The van der Waals surface area contributed by atoms with Crippen molar-refractivity contribution in [2.75, 3.05) is 6.54 Å². The summed E-state index contributed by atoms with van der Waals surface area (Å²) in [7, 11) is -3.61. The van der Waals surface area contributed by atoms with E-state index < -0.39 is 10.0 Å². The van der Waals surface area contributed by atoms with Gasteiger partial charge in [0.1, 0.15) is 5.76 Å². The van der Waals surface area contributed by atoms with E-state index >= 15 is 0 Å². The van der Waals surface area contributed by atoms with Gasteiger partial charge in [0.2, 0.25) is 10.0 Å². The fourth-order valence-electron chi connectivity index (χ4n) is 3.25. The van der Waals surface area contributed by atoms with Crippen LogP contribution in [0.3, 0.4) is 0 Å². The van der Waals surface area contributed by atoms with Crippen LogP contribution in [0.2, 0.25) is 0 Å². The summed E-state index contributed by atoms with van der Waals surface area (Å²) in [5.41, 5.74) is 1.09. The van der Waals surface area contributed by atoms with Gasteiger partial charge in [0, 0.05) is 18.2 Å². The molecule has 1 aliphatic rings. The average Bonchev–Trinajstić information content (AvgIpc) is 3.13. The minimum Gasteiger partial charge on any atom is -0.467 e. The predicted molar refractivity (Wildman–Crippen MR) is 98.3 cm³/mol. The molecule has 0 aliphatic carbocycles. The Labute approximate surface area is 154 Å². The number of amides is 1. The molecule has 6 nitrogen and oxygen atoms in total. The Hall–Kier alpha value is -2.12. The number of nitrogens with zero attached hydrogens (tertiary/aromatic N) is 1. The topological polar surface area (TPSA) is 79.6 Å². The Kier molecular flexibility index (Phi) is 5.48. The average molecular weight is 376 g/mol. The molecule has 0 radical (unpaired) electrons. The van der Waals surface area contributed by atoms with Crippen molar-refractivity contribution in [3.63, 3.8) is 0 Å². The van der Waals surface area contributed by atoms with Crippen LogP contribution < -0.4 is 5.32 Å². The number of furan rings is 1. The maximum atomic E-state index is 13.0. The fourth-order valence-corrected chi connectivity index (χ4v) is 4.97. The number of piperidine rings is 1. The van der Waals surface area contributed by atoms with Crippen molar-refractivity contribution in [1.29, 1.82) is 0 Å². The molecule has 7 heteroatoms. The van der Waals surface area contributed by atoms with E-state index in [1.54, 1.807) is 41.8 Å². The highest BCUT2D eigenvalue weighted by atomic mass is 32.2. The highest BCUT2D eigenvalue weighted by Crippen LogP contribution is 2.26. The van der Waals surface area contributed by atoms with Crippen molar-refractivity contribution in [2.24, 2.45) is 0 Å². The summed E-state index contributed by atoms with van der Waals surface area (Å²) in [5.74, 6) is 0.324. The van der Waals surface area contributed by atoms with Crippen molar-refractivity contribution in [3.05, 3.63) is 53.5 Å². The Morgan fingerprint density at radius 3 is 2.81 bits per heavy atom. The lowest BCUT2D eigenvalue weighted by atomic mass is 10.1. The zero-order valence-electron chi connectivity index (χ0n) is 15.1. The summed E-state index contributed by atoms with van der Waals surface area (Å²) >= 11 is 0. The predicted octanol–water partition coefficient (Wildman–Crippen LogP) is 3.08. The first-order chi connectivity index (χ1) is 12.4. The van der Waals surface area contributed by atoms with Crippen LogP contribution in [0.1, 0.15) is 47.9 Å². The van der Waals surface area contributed by atoms with E-state index in [2.05, 4.69) is 5.32 Å². The Bertz CT molecular complexity index is 875. The van der Waals surface area contributed by atoms with Crippen LogP contribution in [-0.2, 0) is 16.6 Å². The van der Waals surface area contributed by atoms with E-state index in [4.69, 9.17) is 4.42 Å². The quantitative estimate of drug-likeness (QED) is 0.870. The SMILES string of the molecule is Cc1ccc(S(=O)(=O)N2CCCCC2C)cc1C(=O)NCc1ccco1.